The molecule has 7 rings (SSSR count). The number of fused-ring (bicyclic) bond motifs is 6. The van der Waals surface area contributed by atoms with Crippen molar-refractivity contribution in [3.05, 3.63) is 83.5 Å². The number of halogens is 2. The summed E-state index contributed by atoms with van der Waals surface area (Å²) in [5.41, 5.74) is -1.55. The van der Waals surface area contributed by atoms with Gasteiger partial charge in [0.25, 0.3) is 0 Å². The van der Waals surface area contributed by atoms with Gasteiger partial charge in [-0.15, -0.1) is 11.3 Å². The summed E-state index contributed by atoms with van der Waals surface area (Å²) in [5, 5.41) is 24.2. The molecular formula is C37H40F2N2O4S2. The van der Waals surface area contributed by atoms with E-state index in [0.29, 0.717) is 6.42 Å². The van der Waals surface area contributed by atoms with Gasteiger partial charge < -0.3 is 10.3 Å². The number of aliphatic hydroxyl groups excluding tert-OH is 1. The van der Waals surface area contributed by atoms with Gasteiger partial charge in [-0.1, -0.05) is 66.7 Å². The quantitative estimate of drug-likeness (QED) is 0.191. The number of thioether (sulfide) groups is 1. The Morgan fingerprint density at radius 3 is 2.62 bits per heavy atom. The molecule has 2 N–H and O–H groups in total. The van der Waals surface area contributed by atoms with Gasteiger partial charge in [0.2, 0.25) is 0 Å². The number of benzene rings is 2. The molecule has 0 radical (unpaired) electrons. The van der Waals surface area contributed by atoms with Crippen LogP contribution in [0.2, 0.25) is 0 Å². The number of para-hydroxylation sites is 1. The summed E-state index contributed by atoms with van der Waals surface area (Å²) in [6.07, 6.45) is 1.16. The summed E-state index contributed by atoms with van der Waals surface area (Å²) in [4.78, 5) is 31.3. The third-order valence-corrected chi connectivity index (χ3v) is 13.9. The predicted molar refractivity (Wildman–Crippen MR) is 180 cm³/mol. The molecule has 4 aliphatic rings. The Morgan fingerprint density at radius 1 is 1.13 bits per heavy atom. The maximum absolute atomic E-state index is 17.8. The second-order valence-electron chi connectivity index (χ2n) is 14.5. The van der Waals surface area contributed by atoms with Crippen LogP contribution in [-0.2, 0) is 16.1 Å². The molecule has 0 amide bonds. The lowest BCUT2D eigenvalue weighted by Gasteiger charge is -2.62. The molecule has 0 unspecified atom stereocenters. The number of carbonyl (C=O) groups is 2. The van der Waals surface area contributed by atoms with Crippen molar-refractivity contribution in [3.8, 4) is 0 Å². The molecule has 1 heterocycles. The fourth-order valence-electron chi connectivity index (χ4n) is 9.57. The third kappa shape index (κ3) is 5.35. The van der Waals surface area contributed by atoms with E-state index in [2.05, 4.69) is 4.98 Å². The largest absolute Gasteiger partial charge is 0.390 e. The Balaban J connectivity index is 1.21. The van der Waals surface area contributed by atoms with Crippen molar-refractivity contribution in [2.24, 2.45) is 34.5 Å². The van der Waals surface area contributed by atoms with E-state index in [4.69, 9.17) is 0 Å². The van der Waals surface area contributed by atoms with Gasteiger partial charge in [-0.3, -0.25) is 9.59 Å². The lowest BCUT2D eigenvalue weighted by Crippen LogP contribution is -2.68. The number of allylic oxidation sites excluding steroid dienone is 4. The fraction of sp³-hybridized carbons (Fsp3) is 0.486. The molecule has 9 atom stereocenters. The number of rotatable bonds is 8. The highest BCUT2D eigenvalue weighted by molar-refractivity contribution is 8.01. The highest BCUT2D eigenvalue weighted by Gasteiger charge is 2.73. The maximum atomic E-state index is 17.8. The molecule has 248 valence electrons. The number of aliphatic hydroxyl groups is 1. The Kier molecular flexibility index (Phi) is 8.35. The highest BCUT2D eigenvalue weighted by Crippen LogP contribution is 2.70. The highest BCUT2D eigenvalue weighted by atomic mass is 32.2. The van der Waals surface area contributed by atoms with Gasteiger partial charge >= 0.3 is 0 Å². The third-order valence-electron chi connectivity index (χ3n) is 11.7. The maximum Gasteiger partial charge on any atom is 0.178 e. The molecule has 1 aromatic heterocycles. The number of thiazole rings is 1. The van der Waals surface area contributed by atoms with Gasteiger partial charge in [-0.2, -0.15) is 5.06 Å². The van der Waals surface area contributed by atoms with E-state index in [1.54, 1.807) is 6.92 Å². The number of alkyl halides is 2. The number of carbonyl (C=O) groups excluding carboxylic acids is 2. The van der Waals surface area contributed by atoms with E-state index in [0.717, 1.165) is 25.7 Å². The van der Waals surface area contributed by atoms with Gasteiger partial charge in [-0.05, 0) is 85.8 Å². The average molecular weight is 679 g/mol. The molecule has 0 spiro atoms. The van der Waals surface area contributed by atoms with Crippen LogP contribution in [0.4, 0.5) is 8.78 Å². The van der Waals surface area contributed by atoms with Crippen molar-refractivity contribution >= 4 is 44.9 Å². The standard InChI is InChI=1S/C37H40F2N2O4S2/c1-21-8-10-22(11-9-21)18-41(45)19-23-14-25-26-16-28(38)27-15-24(42)12-13-36(27,3)37(26,39)32(44)17-35(25,2)33(23)30(43)20-46-34-40-29-6-4-5-7-31(29)47-34/h4-13,15,23,25-26,28,32-33,44-45H,14,16-20H2,1-3H3/t23-,25-,26-,28-,32-,33+,35-,36-,37-/m0/s1. The lowest BCUT2D eigenvalue weighted by molar-refractivity contribution is -0.201. The van der Waals surface area contributed by atoms with Gasteiger partial charge in [0.05, 0.1) is 22.1 Å². The van der Waals surface area contributed by atoms with Crippen LogP contribution in [0.15, 0.2) is 76.7 Å². The minimum absolute atomic E-state index is 0.0222. The second kappa shape index (κ2) is 12.0. The van der Waals surface area contributed by atoms with Crippen LogP contribution in [0, 0.1) is 41.4 Å². The van der Waals surface area contributed by atoms with Crippen LogP contribution in [0.25, 0.3) is 10.2 Å². The normalized spacial score (nSPS) is 36.3. The Bertz CT molecular complexity index is 1740. The number of Topliss-reactive ketones (excluding diaryl/α,β-unsaturated/α-hetero) is 1. The van der Waals surface area contributed by atoms with E-state index in [9.17, 15) is 19.9 Å². The van der Waals surface area contributed by atoms with Crippen LogP contribution in [0.1, 0.15) is 44.2 Å². The van der Waals surface area contributed by atoms with Crippen LogP contribution in [0.5, 0.6) is 0 Å². The first-order valence-corrected chi connectivity index (χ1v) is 18.1. The average Bonchev–Trinajstić information content (AvgIpc) is 3.57. The fourth-order valence-corrected chi connectivity index (χ4v) is 11.6. The first kappa shape index (κ1) is 32.8. The lowest BCUT2D eigenvalue weighted by atomic mass is 9.45. The van der Waals surface area contributed by atoms with E-state index >= 15 is 8.78 Å². The molecule has 0 bridgehead atoms. The molecule has 0 saturated heterocycles. The first-order chi connectivity index (χ1) is 22.3. The smallest absolute Gasteiger partial charge is 0.178 e. The summed E-state index contributed by atoms with van der Waals surface area (Å²) in [6.45, 7) is 5.98. The van der Waals surface area contributed by atoms with E-state index in [1.807, 2.05) is 62.4 Å². The second-order valence-corrected chi connectivity index (χ2v) is 16.7. The summed E-state index contributed by atoms with van der Waals surface area (Å²) < 4.78 is 35.6. The molecule has 2 aromatic carbocycles. The summed E-state index contributed by atoms with van der Waals surface area (Å²) in [6, 6.07) is 15.7. The number of hydrogen-bond acceptors (Lipinski definition) is 8. The van der Waals surface area contributed by atoms with Crippen molar-refractivity contribution in [2.45, 2.75) is 68.9 Å². The Labute approximate surface area is 281 Å². The zero-order chi connectivity index (χ0) is 33.3. The van der Waals surface area contributed by atoms with Gasteiger partial charge in [0, 0.05) is 30.3 Å². The SMILES string of the molecule is Cc1ccc(CN(O)C[C@@H]2C[C@H]3[C@@H]4C[C@H](F)C5=CC(=O)C=C[C@]5(C)[C@@]4(F)[C@@H](O)C[C@]3(C)[C@H]2C(=O)CSc2nc3ccccc3s2)cc1. The zero-order valence-corrected chi connectivity index (χ0v) is 28.4. The summed E-state index contributed by atoms with van der Waals surface area (Å²) >= 11 is 2.91. The topological polar surface area (TPSA) is 90.7 Å². The minimum atomic E-state index is -2.22. The molecular weight excluding hydrogens is 639 g/mol. The molecule has 6 nitrogen and oxygen atoms in total. The molecule has 3 saturated carbocycles. The van der Waals surface area contributed by atoms with Crippen molar-refractivity contribution in [3.63, 3.8) is 0 Å². The Morgan fingerprint density at radius 2 is 1.87 bits per heavy atom. The number of aromatic nitrogens is 1. The van der Waals surface area contributed by atoms with Crippen LogP contribution >= 0.6 is 23.1 Å². The van der Waals surface area contributed by atoms with E-state index in [1.165, 1.54) is 46.4 Å². The molecule has 4 aliphatic carbocycles. The number of ketones is 2. The van der Waals surface area contributed by atoms with E-state index in [-0.39, 0.29) is 54.7 Å². The van der Waals surface area contributed by atoms with Crippen LogP contribution in [-0.4, -0.2) is 62.2 Å². The number of hydrogen-bond donors (Lipinski definition) is 2. The molecule has 47 heavy (non-hydrogen) atoms. The van der Waals surface area contributed by atoms with Crippen molar-refractivity contribution in [1.82, 2.24) is 10.0 Å². The van der Waals surface area contributed by atoms with Crippen molar-refractivity contribution in [2.75, 3.05) is 12.3 Å². The minimum Gasteiger partial charge on any atom is -0.390 e. The Hall–Kier alpha value is -2.76. The number of nitrogens with zero attached hydrogens (tertiary/aromatic N) is 2. The van der Waals surface area contributed by atoms with Gasteiger partial charge in [0.15, 0.2) is 15.8 Å². The molecule has 3 fully saturated rings. The number of aryl methyl sites for hydroxylation is 1. The summed E-state index contributed by atoms with van der Waals surface area (Å²) in [7, 11) is 0. The van der Waals surface area contributed by atoms with Gasteiger partial charge in [-0.25, -0.2) is 13.8 Å². The zero-order valence-electron chi connectivity index (χ0n) is 26.7. The van der Waals surface area contributed by atoms with Crippen molar-refractivity contribution < 1.29 is 28.7 Å². The van der Waals surface area contributed by atoms with E-state index < -0.39 is 46.5 Å². The molecule has 10 heteroatoms. The predicted octanol–water partition coefficient (Wildman–Crippen LogP) is 7.32. The monoisotopic (exact) mass is 678 g/mol. The van der Waals surface area contributed by atoms with Crippen LogP contribution in [0.3, 0.4) is 0 Å². The number of hydroxylamine groups is 2. The van der Waals surface area contributed by atoms with Crippen molar-refractivity contribution in [1.29, 1.82) is 0 Å². The van der Waals surface area contributed by atoms with Crippen LogP contribution < -0.4 is 0 Å². The first-order valence-electron chi connectivity index (χ1n) is 16.3. The molecule has 0 aliphatic heterocycles. The molecule has 3 aromatic rings. The summed E-state index contributed by atoms with van der Waals surface area (Å²) in [5.74, 6) is -2.50. The van der Waals surface area contributed by atoms with Gasteiger partial charge in [0.1, 0.15) is 12.0 Å².